The Morgan fingerprint density at radius 1 is 1.00 bits per heavy atom. The number of esters is 3. The molecule has 33 heavy (non-hydrogen) atoms. The number of benzene rings is 1. The van der Waals surface area contributed by atoms with E-state index in [9.17, 15) is 24.0 Å². The lowest BCUT2D eigenvalue weighted by molar-refractivity contribution is -0.228. The molecule has 0 aliphatic carbocycles. The van der Waals surface area contributed by atoms with E-state index in [2.05, 4.69) is 10.0 Å². The number of hydrogen-bond donors (Lipinski definition) is 0. The van der Waals surface area contributed by atoms with Crippen LogP contribution in [-0.2, 0) is 33.3 Å². The molecule has 2 unspecified atom stereocenters. The van der Waals surface area contributed by atoms with Gasteiger partial charge >= 0.3 is 17.9 Å². The average Bonchev–Trinajstić information content (AvgIpc) is 2.99. The second kappa shape index (κ2) is 9.67. The van der Waals surface area contributed by atoms with E-state index in [1.54, 1.807) is 12.1 Å². The topological polar surface area (TPSA) is 174 Å². The Morgan fingerprint density at radius 2 is 1.55 bits per heavy atom. The summed E-state index contributed by atoms with van der Waals surface area (Å²) in [6, 6.07) is 4.53. The van der Waals surface area contributed by atoms with Gasteiger partial charge in [-0.15, -0.1) is 0 Å². The Labute approximate surface area is 187 Å². The second-order valence-corrected chi connectivity index (χ2v) is 7.24. The lowest BCUT2D eigenvalue weighted by Gasteiger charge is -2.46. The van der Waals surface area contributed by atoms with Gasteiger partial charge in [0.15, 0.2) is 18.4 Å². The van der Waals surface area contributed by atoms with Crippen LogP contribution in [0.25, 0.3) is 10.4 Å². The van der Waals surface area contributed by atoms with Crippen LogP contribution in [0.5, 0.6) is 0 Å². The molecule has 0 saturated carbocycles. The van der Waals surface area contributed by atoms with E-state index in [1.807, 2.05) is 0 Å². The van der Waals surface area contributed by atoms with Crippen LogP contribution in [0, 0.1) is 0 Å². The fourth-order valence-electron chi connectivity index (χ4n) is 3.80. The molecule has 5 atom stereocenters. The van der Waals surface area contributed by atoms with Gasteiger partial charge < -0.3 is 18.9 Å². The van der Waals surface area contributed by atoms with E-state index in [4.69, 9.17) is 24.5 Å². The first-order valence-electron chi connectivity index (χ1n) is 9.80. The van der Waals surface area contributed by atoms with Crippen LogP contribution in [0.1, 0.15) is 41.5 Å². The maximum Gasteiger partial charge on any atom is 0.303 e. The summed E-state index contributed by atoms with van der Waals surface area (Å²) in [7, 11) is 0. The zero-order valence-electron chi connectivity index (χ0n) is 17.9. The summed E-state index contributed by atoms with van der Waals surface area (Å²) in [5, 5.41) is 3.53. The molecule has 174 valence electrons. The van der Waals surface area contributed by atoms with Crippen LogP contribution in [0.4, 0.5) is 0 Å². The quantitative estimate of drug-likeness (QED) is 0.150. The number of imide groups is 1. The summed E-state index contributed by atoms with van der Waals surface area (Å²) in [6.07, 6.45) is -5.67. The minimum Gasteiger partial charge on any atom is -0.463 e. The van der Waals surface area contributed by atoms with Crippen LogP contribution in [0.3, 0.4) is 0 Å². The molecular formula is C20H20N4O9. The number of carbonyl (C=O) groups is 5. The number of hydrogen-bond acceptors (Lipinski definition) is 10. The van der Waals surface area contributed by atoms with Gasteiger partial charge in [0, 0.05) is 25.7 Å². The van der Waals surface area contributed by atoms with Crippen LogP contribution in [0.15, 0.2) is 29.4 Å². The van der Waals surface area contributed by atoms with Gasteiger partial charge in [0.2, 0.25) is 0 Å². The SMILES string of the molecule is CC(=O)OCC1O[C@@H](N=[N+]=[N-])[C@@H](N2C(=O)c3ccccc3C2=O)C(OC(C)=O)[C@@H]1OC(C)=O. The first-order valence-corrected chi connectivity index (χ1v) is 9.80. The summed E-state index contributed by atoms with van der Waals surface area (Å²) in [4.78, 5) is 64.8. The number of nitrogens with zero attached hydrogens (tertiary/aromatic N) is 4. The minimum atomic E-state index is -1.55. The Hall–Kier alpha value is -3.96. The average molecular weight is 460 g/mol. The molecule has 13 nitrogen and oxygen atoms in total. The summed E-state index contributed by atoms with van der Waals surface area (Å²) in [5.41, 5.74) is 9.26. The molecule has 1 fully saturated rings. The third kappa shape index (κ3) is 4.78. The van der Waals surface area contributed by atoms with Gasteiger partial charge in [-0.25, -0.2) is 0 Å². The van der Waals surface area contributed by atoms with Crippen LogP contribution in [-0.4, -0.2) is 71.8 Å². The van der Waals surface area contributed by atoms with Crippen molar-refractivity contribution in [2.24, 2.45) is 5.11 Å². The molecule has 2 amide bonds. The van der Waals surface area contributed by atoms with Crippen molar-refractivity contribution in [2.45, 2.75) is 51.4 Å². The molecule has 1 aromatic carbocycles. The maximum atomic E-state index is 13.1. The first kappa shape index (κ1) is 23.7. The highest BCUT2D eigenvalue weighted by Crippen LogP contribution is 2.35. The molecule has 2 aliphatic heterocycles. The van der Waals surface area contributed by atoms with E-state index in [1.165, 1.54) is 12.1 Å². The van der Waals surface area contributed by atoms with Crippen LogP contribution >= 0.6 is 0 Å². The zero-order valence-corrected chi connectivity index (χ0v) is 17.9. The Balaban J connectivity index is 2.10. The van der Waals surface area contributed by atoms with Crippen molar-refractivity contribution >= 4 is 29.7 Å². The fraction of sp³-hybridized carbons (Fsp3) is 0.450. The van der Waals surface area contributed by atoms with Crippen molar-refractivity contribution in [3.05, 3.63) is 45.8 Å². The third-order valence-corrected chi connectivity index (χ3v) is 4.98. The number of azide groups is 1. The lowest BCUT2D eigenvalue weighted by atomic mass is 9.94. The molecule has 0 radical (unpaired) electrons. The normalized spacial score (nSPS) is 26.2. The van der Waals surface area contributed by atoms with E-state index in [-0.39, 0.29) is 11.1 Å². The second-order valence-electron chi connectivity index (χ2n) is 7.24. The number of rotatable bonds is 6. The van der Waals surface area contributed by atoms with E-state index < -0.39 is 66.9 Å². The fourth-order valence-corrected chi connectivity index (χ4v) is 3.80. The van der Waals surface area contributed by atoms with Gasteiger partial charge in [-0.05, 0) is 17.7 Å². The van der Waals surface area contributed by atoms with Crippen molar-refractivity contribution < 1.29 is 42.9 Å². The van der Waals surface area contributed by atoms with E-state index in [0.29, 0.717) is 0 Å². The van der Waals surface area contributed by atoms with Crippen molar-refractivity contribution in [1.29, 1.82) is 0 Å². The summed E-state index contributed by atoms with van der Waals surface area (Å²) in [6.45, 7) is 2.85. The van der Waals surface area contributed by atoms with Gasteiger partial charge in [0.1, 0.15) is 18.8 Å². The van der Waals surface area contributed by atoms with Gasteiger partial charge in [-0.2, -0.15) is 0 Å². The third-order valence-electron chi connectivity index (χ3n) is 4.98. The molecule has 1 aromatic rings. The Kier molecular flexibility index (Phi) is 6.95. The van der Waals surface area contributed by atoms with Gasteiger partial charge in [0.25, 0.3) is 11.8 Å². The molecule has 3 rings (SSSR count). The molecule has 13 heteroatoms. The molecular weight excluding hydrogens is 440 g/mol. The van der Waals surface area contributed by atoms with Gasteiger partial charge in [0.05, 0.1) is 11.1 Å². The highest BCUT2D eigenvalue weighted by Gasteiger charge is 2.56. The standard InChI is InChI=1S/C20H20N4O9/c1-9(25)30-8-14-16(31-10(2)26)17(32-11(3)27)15(18(33-14)22-23-21)24-19(28)12-6-4-5-7-13(12)20(24)29/h4-7,14-18H,8H2,1-3H3/t14?,15-,16+,17?,18+/m0/s1. The van der Waals surface area contributed by atoms with Crippen molar-refractivity contribution in [2.75, 3.05) is 6.61 Å². The number of amides is 2. The van der Waals surface area contributed by atoms with Crippen molar-refractivity contribution in [1.82, 2.24) is 4.90 Å². The molecule has 2 heterocycles. The number of fused-ring (bicyclic) bond motifs is 1. The minimum absolute atomic E-state index is 0.0924. The number of ether oxygens (including phenoxy) is 4. The highest BCUT2D eigenvalue weighted by molar-refractivity contribution is 6.21. The summed E-state index contributed by atoms with van der Waals surface area (Å²) >= 11 is 0. The van der Waals surface area contributed by atoms with Crippen LogP contribution in [0.2, 0.25) is 0 Å². The first-order chi connectivity index (χ1) is 15.6. The lowest BCUT2D eigenvalue weighted by Crippen LogP contribution is -2.66. The molecule has 0 aromatic heterocycles. The summed E-state index contributed by atoms with van der Waals surface area (Å²) < 4.78 is 21.3. The van der Waals surface area contributed by atoms with Crippen molar-refractivity contribution in [3.8, 4) is 0 Å². The maximum absolute atomic E-state index is 13.1. The zero-order chi connectivity index (χ0) is 24.3. The largest absolute Gasteiger partial charge is 0.463 e. The molecule has 0 bridgehead atoms. The predicted octanol–water partition coefficient (Wildman–Crippen LogP) is 1.11. The van der Waals surface area contributed by atoms with E-state index >= 15 is 0 Å². The van der Waals surface area contributed by atoms with E-state index in [0.717, 1.165) is 25.7 Å². The molecule has 1 saturated heterocycles. The van der Waals surface area contributed by atoms with Gasteiger partial charge in [-0.1, -0.05) is 17.2 Å². The molecule has 0 N–H and O–H groups in total. The van der Waals surface area contributed by atoms with Crippen LogP contribution < -0.4 is 0 Å². The number of carbonyl (C=O) groups excluding carboxylic acids is 5. The highest BCUT2D eigenvalue weighted by atomic mass is 16.6. The smallest absolute Gasteiger partial charge is 0.303 e. The summed E-state index contributed by atoms with van der Waals surface area (Å²) in [5.74, 6) is -3.77. The predicted molar refractivity (Wildman–Crippen MR) is 106 cm³/mol. The monoisotopic (exact) mass is 460 g/mol. The molecule has 2 aliphatic rings. The molecule has 0 spiro atoms. The van der Waals surface area contributed by atoms with Crippen molar-refractivity contribution in [3.63, 3.8) is 0 Å². The Bertz CT molecular complexity index is 1020. The Morgan fingerprint density at radius 3 is 2.03 bits per heavy atom. The van der Waals surface area contributed by atoms with Gasteiger partial charge in [-0.3, -0.25) is 28.9 Å².